The lowest BCUT2D eigenvalue weighted by atomic mass is 10.1. The maximum absolute atomic E-state index is 12.1. The molecule has 0 radical (unpaired) electrons. The summed E-state index contributed by atoms with van der Waals surface area (Å²) in [6.07, 6.45) is 0. The minimum atomic E-state index is -3.65. The van der Waals surface area contributed by atoms with E-state index in [0.717, 1.165) is 0 Å². The van der Waals surface area contributed by atoms with Crippen molar-refractivity contribution in [1.29, 1.82) is 0 Å². The van der Waals surface area contributed by atoms with E-state index in [4.69, 9.17) is 9.47 Å². The summed E-state index contributed by atoms with van der Waals surface area (Å²) in [4.78, 5) is 2.46. The molecule has 0 bridgehead atoms. The predicted octanol–water partition coefficient (Wildman–Crippen LogP) is 1.87. The number of ether oxygens (including phenoxy) is 2. The van der Waals surface area contributed by atoms with Crippen LogP contribution in [0.5, 0.6) is 11.5 Å². The van der Waals surface area contributed by atoms with E-state index in [0.29, 0.717) is 22.8 Å². The van der Waals surface area contributed by atoms with Crippen molar-refractivity contribution in [2.24, 2.45) is 0 Å². The molecule has 7 heteroatoms. The van der Waals surface area contributed by atoms with Crippen molar-refractivity contribution in [1.82, 2.24) is 10.3 Å². The van der Waals surface area contributed by atoms with Gasteiger partial charge in [-0.25, -0.2) is 8.42 Å². The minimum absolute atomic E-state index is 0.168. The first-order valence-electron chi connectivity index (χ1n) is 6.48. The molecule has 6 nitrogen and oxygen atoms in total. The van der Waals surface area contributed by atoms with Gasteiger partial charge in [-0.05, 0) is 30.3 Å². The second kappa shape index (κ2) is 5.70. The Hall–Kier alpha value is -2.51. The van der Waals surface area contributed by atoms with Gasteiger partial charge in [0.05, 0.1) is 4.90 Å². The Labute approximate surface area is 128 Å². The molecule has 1 aliphatic heterocycles. The average Bonchev–Trinajstić information content (AvgIpc) is 3.01. The summed E-state index contributed by atoms with van der Waals surface area (Å²) in [6, 6.07) is 13.3. The van der Waals surface area contributed by atoms with Crippen LogP contribution < -0.4 is 19.7 Å². The van der Waals surface area contributed by atoms with Gasteiger partial charge in [-0.1, -0.05) is 24.8 Å². The maximum atomic E-state index is 12.1. The first-order valence-corrected chi connectivity index (χ1v) is 7.96. The Morgan fingerprint density at radius 3 is 2.55 bits per heavy atom. The van der Waals surface area contributed by atoms with Crippen molar-refractivity contribution >= 4 is 15.7 Å². The minimum Gasteiger partial charge on any atom is -0.454 e. The Kier molecular flexibility index (Phi) is 3.74. The third-order valence-electron chi connectivity index (χ3n) is 3.11. The van der Waals surface area contributed by atoms with Crippen LogP contribution in [0.2, 0.25) is 0 Å². The van der Waals surface area contributed by atoms with Crippen LogP contribution >= 0.6 is 0 Å². The first kappa shape index (κ1) is 14.4. The van der Waals surface area contributed by atoms with Crippen LogP contribution in [0.15, 0.2) is 60.0 Å². The summed E-state index contributed by atoms with van der Waals surface area (Å²) < 4.78 is 34.7. The Balaban J connectivity index is 1.70. The molecule has 0 aliphatic carbocycles. The number of fused-ring (bicyclic) bond motifs is 1. The second-order valence-electron chi connectivity index (χ2n) is 4.59. The molecular weight excluding hydrogens is 304 g/mol. The first-order chi connectivity index (χ1) is 10.6. The van der Waals surface area contributed by atoms with E-state index in [9.17, 15) is 8.42 Å². The molecule has 0 saturated heterocycles. The van der Waals surface area contributed by atoms with E-state index in [1.807, 2.05) is 0 Å². The van der Waals surface area contributed by atoms with Gasteiger partial charge in [0.25, 0.3) is 10.0 Å². The lowest BCUT2D eigenvalue weighted by molar-refractivity contribution is 0.174. The van der Waals surface area contributed by atoms with Gasteiger partial charge in [0.1, 0.15) is 0 Å². The topological polar surface area (TPSA) is 76.7 Å². The molecule has 1 aliphatic rings. The van der Waals surface area contributed by atoms with E-state index >= 15 is 0 Å². The summed E-state index contributed by atoms with van der Waals surface area (Å²) in [7, 11) is -3.65. The van der Waals surface area contributed by atoms with E-state index < -0.39 is 10.0 Å². The lowest BCUT2D eigenvalue weighted by Gasteiger charge is -2.12. The van der Waals surface area contributed by atoms with Crippen LogP contribution in [-0.2, 0) is 10.0 Å². The van der Waals surface area contributed by atoms with Crippen LogP contribution in [0.1, 0.15) is 5.56 Å². The number of nitrogens with one attached hydrogen (secondary N) is 2. The van der Waals surface area contributed by atoms with Gasteiger partial charge in [-0.2, -0.15) is 0 Å². The standard InChI is InChI=1S/C15H14N2O4S/c1-11(12-7-8-14-15(9-12)21-10-20-14)16-17-22(18,19)13-5-3-2-4-6-13/h2-9,16-17H,1,10H2. The predicted molar refractivity (Wildman–Crippen MR) is 81.5 cm³/mol. The molecule has 0 saturated carbocycles. The molecule has 2 aromatic rings. The quantitative estimate of drug-likeness (QED) is 0.823. The monoisotopic (exact) mass is 318 g/mol. The number of hydrazine groups is 1. The van der Waals surface area contributed by atoms with Crippen LogP contribution in [0, 0.1) is 0 Å². The fraction of sp³-hybridized carbons (Fsp3) is 0.0667. The zero-order chi connectivity index (χ0) is 15.6. The highest BCUT2D eigenvalue weighted by atomic mass is 32.2. The van der Waals surface area contributed by atoms with Gasteiger partial charge in [0.15, 0.2) is 11.5 Å². The molecule has 0 spiro atoms. The van der Waals surface area contributed by atoms with Gasteiger partial charge in [-0.15, -0.1) is 4.83 Å². The molecule has 114 valence electrons. The van der Waals surface area contributed by atoms with Crippen molar-refractivity contribution < 1.29 is 17.9 Å². The fourth-order valence-corrected chi connectivity index (χ4v) is 2.83. The van der Waals surface area contributed by atoms with Crippen LogP contribution in [0.3, 0.4) is 0 Å². The fourth-order valence-electron chi connectivity index (χ4n) is 1.94. The van der Waals surface area contributed by atoms with E-state index in [1.54, 1.807) is 36.4 Å². The second-order valence-corrected chi connectivity index (χ2v) is 6.27. The molecule has 3 rings (SSSR count). The molecular formula is C15H14N2O4S. The molecule has 0 unspecified atom stereocenters. The summed E-state index contributed by atoms with van der Waals surface area (Å²) in [6.45, 7) is 3.99. The molecule has 0 fully saturated rings. The van der Waals surface area contributed by atoms with Crippen LogP contribution in [0.4, 0.5) is 0 Å². The van der Waals surface area contributed by atoms with Crippen molar-refractivity contribution in [3.8, 4) is 11.5 Å². The number of sulfonamides is 1. The van der Waals surface area contributed by atoms with Gasteiger partial charge in [0, 0.05) is 11.3 Å². The van der Waals surface area contributed by atoms with E-state index in [2.05, 4.69) is 16.8 Å². The van der Waals surface area contributed by atoms with Gasteiger partial charge < -0.3 is 14.9 Å². The van der Waals surface area contributed by atoms with Crippen molar-refractivity contribution in [3.05, 3.63) is 60.7 Å². The SMILES string of the molecule is C=C(NNS(=O)(=O)c1ccccc1)c1ccc2c(c1)OCO2. The summed E-state index contributed by atoms with van der Waals surface area (Å²) in [5, 5.41) is 0. The van der Waals surface area contributed by atoms with Gasteiger partial charge in [0.2, 0.25) is 6.79 Å². The normalized spacial score (nSPS) is 12.9. The number of rotatable bonds is 5. The smallest absolute Gasteiger partial charge is 0.257 e. The van der Waals surface area contributed by atoms with E-state index in [1.165, 1.54) is 12.1 Å². The lowest BCUT2D eigenvalue weighted by Crippen LogP contribution is -2.35. The maximum Gasteiger partial charge on any atom is 0.257 e. The van der Waals surface area contributed by atoms with Crippen LogP contribution in [0.25, 0.3) is 5.70 Å². The highest BCUT2D eigenvalue weighted by Crippen LogP contribution is 2.33. The van der Waals surface area contributed by atoms with Crippen LogP contribution in [-0.4, -0.2) is 15.2 Å². The Bertz CT molecular complexity index is 804. The number of hydrogen-bond acceptors (Lipinski definition) is 5. The molecule has 2 aromatic carbocycles. The van der Waals surface area contributed by atoms with Crippen molar-refractivity contribution in [3.63, 3.8) is 0 Å². The zero-order valence-electron chi connectivity index (χ0n) is 11.6. The largest absolute Gasteiger partial charge is 0.454 e. The molecule has 0 atom stereocenters. The summed E-state index contributed by atoms with van der Waals surface area (Å²) in [5.74, 6) is 1.26. The molecule has 2 N–H and O–H groups in total. The molecule has 22 heavy (non-hydrogen) atoms. The zero-order valence-corrected chi connectivity index (χ0v) is 12.4. The summed E-state index contributed by atoms with van der Waals surface area (Å²) in [5.41, 5.74) is 3.70. The highest BCUT2D eigenvalue weighted by molar-refractivity contribution is 7.89. The summed E-state index contributed by atoms with van der Waals surface area (Å²) >= 11 is 0. The Morgan fingerprint density at radius 1 is 1.05 bits per heavy atom. The molecule has 1 heterocycles. The molecule has 0 aromatic heterocycles. The van der Waals surface area contributed by atoms with Gasteiger partial charge >= 0.3 is 0 Å². The van der Waals surface area contributed by atoms with E-state index in [-0.39, 0.29) is 11.7 Å². The highest BCUT2D eigenvalue weighted by Gasteiger charge is 2.16. The molecule has 0 amide bonds. The third kappa shape index (κ3) is 2.90. The Morgan fingerprint density at radius 2 is 1.77 bits per heavy atom. The van der Waals surface area contributed by atoms with Gasteiger partial charge in [-0.3, -0.25) is 0 Å². The van der Waals surface area contributed by atoms with Crippen molar-refractivity contribution in [2.45, 2.75) is 4.90 Å². The average molecular weight is 318 g/mol. The number of hydrogen-bond donors (Lipinski definition) is 2. The third-order valence-corrected chi connectivity index (χ3v) is 4.37. The van der Waals surface area contributed by atoms with Crippen molar-refractivity contribution in [2.75, 3.05) is 6.79 Å². The number of benzene rings is 2.